The molecule has 2 aromatic carbocycles. The molecule has 0 atom stereocenters. The van der Waals surface area contributed by atoms with E-state index in [2.05, 4.69) is 22.3 Å². The molecule has 0 radical (unpaired) electrons. The topological polar surface area (TPSA) is 52.7 Å². The molecule has 0 saturated carbocycles. The van der Waals surface area contributed by atoms with Crippen molar-refractivity contribution in [2.75, 3.05) is 24.5 Å². The Morgan fingerprint density at radius 3 is 2.52 bits per heavy atom. The van der Waals surface area contributed by atoms with Gasteiger partial charge >= 0.3 is 0 Å². The molecular formula is C23H26ClN3O2. The van der Waals surface area contributed by atoms with Gasteiger partial charge < -0.3 is 10.2 Å². The Balaban J connectivity index is 1.29. The minimum Gasteiger partial charge on any atom is -0.349 e. The van der Waals surface area contributed by atoms with Gasteiger partial charge in [-0.25, -0.2) is 0 Å². The van der Waals surface area contributed by atoms with Gasteiger partial charge in [0.2, 0.25) is 5.91 Å². The maximum Gasteiger partial charge on any atom is 0.251 e. The van der Waals surface area contributed by atoms with E-state index in [0.717, 1.165) is 56.2 Å². The summed E-state index contributed by atoms with van der Waals surface area (Å²) in [4.78, 5) is 28.9. The van der Waals surface area contributed by atoms with E-state index in [1.807, 2.05) is 36.4 Å². The molecule has 2 saturated heterocycles. The average Bonchev–Trinajstić information content (AvgIpc) is 3.17. The predicted molar refractivity (Wildman–Crippen MR) is 115 cm³/mol. The van der Waals surface area contributed by atoms with E-state index < -0.39 is 0 Å². The van der Waals surface area contributed by atoms with Crippen molar-refractivity contribution in [2.24, 2.45) is 0 Å². The fraction of sp³-hybridized carbons (Fsp3) is 0.391. The lowest BCUT2D eigenvalue weighted by molar-refractivity contribution is -0.117. The largest absolute Gasteiger partial charge is 0.349 e. The van der Waals surface area contributed by atoms with Gasteiger partial charge in [0, 0.05) is 54.9 Å². The fourth-order valence-electron chi connectivity index (χ4n) is 4.09. The van der Waals surface area contributed by atoms with Crippen LogP contribution in [0.3, 0.4) is 0 Å². The summed E-state index contributed by atoms with van der Waals surface area (Å²) in [7, 11) is 0. The van der Waals surface area contributed by atoms with E-state index in [0.29, 0.717) is 12.0 Å². The standard InChI is InChI=1S/C23H26ClN3O2/c24-19-8-6-17(7-9-19)16-26-13-10-20(11-14-26)25-23(29)18-3-1-4-21(15-18)27-12-2-5-22(27)28/h1,3-4,6-9,15,20H,2,5,10-14,16H2,(H,25,29). The summed E-state index contributed by atoms with van der Waals surface area (Å²) in [5, 5.41) is 3.93. The maximum absolute atomic E-state index is 12.7. The summed E-state index contributed by atoms with van der Waals surface area (Å²) < 4.78 is 0. The fourth-order valence-corrected chi connectivity index (χ4v) is 4.21. The van der Waals surface area contributed by atoms with Crippen LogP contribution in [0.15, 0.2) is 48.5 Å². The molecule has 0 bridgehead atoms. The second-order valence-corrected chi connectivity index (χ2v) is 8.29. The molecule has 4 rings (SSSR count). The van der Waals surface area contributed by atoms with Crippen molar-refractivity contribution in [3.63, 3.8) is 0 Å². The normalized spacial score (nSPS) is 18.2. The van der Waals surface area contributed by atoms with Gasteiger partial charge in [0.05, 0.1) is 0 Å². The number of rotatable bonds is 5. The van der Waals surface area contributed by atoms with E-state index in [9.17, 15) is 9.59 Å². The lowest BCUT2D eigenvalue weighted by atomic mass is 10.0. The Hall–Kier alpha value is -2.37. The molecule has 2 amide bonds. The van der Waals surface area contributed by atoms with Gasteiger partial charge in [0.1, 0.15) is 0 Å². The average molecular weight is 412 g/mol. The molecule has 1 N–H and O–H groups in total. The third-order valence-electron chi connectivity index (χ3n) is 5.74. The van der Waals surface area contributed by atoms with Crippen LogP contribution in [0.1, 0.15) is 41.6 Å². The number of likely N-dealkylation sites (tertiary alicyclic amines) is 1. The smallest absolute Gasteiger partial charge is 0.251 e. The number of benzene rings is 2. The van der Waals surface area contributed by atoms with Crippen LogP contribution in [-0.4, -0.2) is 42.4 Å². The summed E-state index contributed by atoms with van der Waals surface area (Å²) in [5.74, 6) is 0.0743. The van der Waals surface area contributed by atoms with Gasteiger partial charge in [-0.15, -0.1) is 0 Å². The number of amides is 2. The molecule has 29 heavy (non-hydrogen) atoms. The van der Waals surface area contributed by atoms with Gasteiger partial charge in [0.15, 0.2) is 0 Å². The summed E-state index contributed by atoms with van der Waals surface area (Å²) in [6, 6.07) is 15.5. The Morgan fingerprint density at radius 1 is 1.07 bits per heavy atom. The van der Waals surface area contributed by atoms with Crippen LogP contribution in [0, 0.1) is 0 Å². The van der Waals surface area contributed by atoms with Crippen LogP contribution >= 0.6 is 11.6 Å². The van der Waals surface area contributed by atoms with Crippen molar-refractivity contribution in [2.45, 2.75) is 38.3 Å². The molecule has 2 aromatic rings. The monoisotopic (exact) mass is 411 g/mol. The number of hydrogen-bond donors (Lipinski definition) is 1. The second-order valence-electron chi connectivity index (χ2n) is 7.85. The first-order chi connectivity index (χ1) is 14.1. The molecule has 152 valence electrons. The summed E-state index contributed by atoms with van der Waals surface area (Å²) in [6.45, 7) is 3.55. The van der Waals surface area contributed by atoms with Crippen molar-refractivity contribution in [1.29, 1.82) is 0 Å². The summed E-state index contributed by atoms with van der Waals surface area (Å²) in [6.07, 6.45) is 3.34. The number of carbonyl (C=O) groups is 2. The number of anilines is 1. The third kappa shape index (κ3) is 4.98. The van der Waals surface area contributed by atoms with E-state index in [1.54, 1.807) is 4.90 Å². The number of carbonyl (C=O) groups excluding carboxylic acids is 2. The highest BCUT2D eigenvalue weighted by Crippen LogP contribution is 2.23. The lowest BCUT2D eigenvalue weighted by Crippen LogP contribution is -2.44. The van der Waals surface area contributed by atoms with Crippen molar-refractivity contribution in [3.8, 4) is 0 Å². The van der Waals surface area contributed by atoms with Crippen LogP contribution in [-0.2, 0) is 11.3 Å². The van der Waals surface area contributed by atoms with Crippen LogP contribution in [0.5, 0.6) is 0 Å². The van der Waals surface area contributed by atoms with Crippen LogP contribution < -0.4 is 10.2 Å². The first kappa shape index (κ1) is 19.9. The molecule has 0 aliphatic carbocycles. The summed E-state index contributed by atoms with van der Waals surface area (Å²) >= 11 is 5.95. The van der Waals surface area contributed by atoms with Crippen molar-refractivity contribution in [3.05, 3.63) is 64.7 Å². The van der Waals surface area contributed by atoms with Crippen molar-refractivity contribution < 1.29 is 9.59 Å². The highest BCUT2D eigenvalue weighted by molar-refractivity contribution is 6.30. The van der Waals surface area contributed by atoms with E-state index >= 15 is 0 Å². The van der Waals surface area contributed by atoms with E-state index in [1.165, 1.54) is 5.56 Å². The number of piperidine rings is 1. The number of nitrogens with zero attached hydrogens (tertiary/aromatic N) is 2. The Labute approximate surface area is 176 Å². The second kappa shape index (κ2) is 8.97. The zero-order valence-corrected chi connectivity index (χ0v) is 17.2. The Morgan fingerprint density at radius 2 is 1.83 bits per heavy atom. The quantitative estimate of drug-likeness (QED) is 0.812. The molecule has 5 nitrogen and oxygen atoms in total. The first-order valence-electron chi connectivity index (χ1n) is 10.3. The molecule has 0 aromatic heterocycles. The predicted octanol–water partition coefficient (Wildman–Crippen LogP) is 3.86. The van der Waals surface area contributed by atoms with Gasteiger partial charge in [-0.1, -0.05) is 29.8 Å². The van der Waals surface area contributed by atoms with Gasteiger partial charge in [-0.05, 0) is 55.2 Å². The molecular weight excluding hydrogens is 386 g/mol. The highest BCUT2D eigenvalue weighted by atomic mass is 35.5. The zero-order chi connectivity index (χ0) is 20.2. The molecule has 0 spiro atoms. The maximum atomic E-state index is 12.7. The van der Waals surface area contributed by atoms with E-state index in [4.69, 9.17) is 11.6 Å². The number of nitrogens with one attached hydrogen (secondary N) is 1. The minimum absolute atomic E-state index is 0.0605. The zero-order valence-electron chi connectivity index (χ0n) is 16.4. The number of halogens is 1. The van der Waals surface area contributed by atoms with Crippen LogP contribution in [0.4, 0.5) is 5.69 Å². The third-order valence-corrected chi connectivity index (χ3v) is 5.99. The first-order valence-corrected chi connectivity index (χ1v) is 10.6. The van der Waals surface area contributed by atoms with Crippen molar-refractivity contribution >= 4 is 29.1 Å². The van der Waals surface area contributed by atoms with Crippen LogP contribution in [0.2, 0.25) is 5.02 Å². The molecule has 2 aliphatic rings. The van der Waals surface area contributed by atoms with Crippen LogP contribution in [0.25, 0.3) is 0 Å². The molecule has 2 aliphatic heterocycles. The van der Waals surface area contributed by atoms with Gasteiger partial charge in [0.25, 0.3) is 5.91 Å². The Bertz CT molecular complexity index is 876. The van der Waals surface area contributed by atoms with Gasteiger partial charge in [-0.2, -0.15) is 0 Å². The molecule has 2 fully saturated rings. The Kier molecular flexibility index (Phi) is 6.16. The minimum atomic E-state index is -0.0605. The SMILES string of the molecule is O=C(NC1CCN(Cc2ccc(Cl)cc2)CC1)c1cccc(N2CCCC2=O)c1. The van der Waals surface area contributed by atoms with Crippen molar-refractivity contribution in [1.82, 2.24) is 10.2 Å². The number of hydrogen-bond acceptors (Lipinski definition) is 3. The molecule has 2 heterocycles. The highest BCUT2D eigenvalue weighted by Gasteiger charge is 2.24. The van der Waals surface area contributed by atoms with Gasteiger partial charge in [-0.3, -0.25) is 14.5 Å². The van der Waals surface area contributed by atoms with E-state index in [-0.39, 0.29) is 17.9 Å². The molecule has 6 heteroatoms. The summed E-state index contributed by atoms with van der Waals surface area (Å²) in [5.41, 5.74) is 2.69. The lowest BCUT2D eigenvalue weighted by Gasteiger charge is -2.32. The molecule has 0 unspecified atom stereocenters.